The van der Waals surface area contributed by atoms with Gasteiger partial charge in [-0.1, -0.05) is 36.4 Å². The molecule has 1 heterocycles. The molecule has 100 valence electrons. The van der Waals surface area contributed by atoms with Crippen LogP contribution in [0.5, 0.6) is 0 Å². The van der Waals surface area contributed by atoms with Gasteiger partial charge in [0.1, 0.15) is 0 Å². The molecule has 1 fully saturated rings. The van der Waals surface area contributed by atoms with Gasteiger partial charge in [0.05, 0.1) is 0 Å². The predicted octanol–water partition coefficient (Wildman–Crippen LogP) is 4.07. The molecule has 2 aromatic rings. The van der Waals surface area contributed by atoms with E-state index in [1.807, 2.05) is 12.1 Å². The number of alkyl halides is 2. The number of likely N-dealkylation sites (tertiary alicyclic amines) is 1. The summed E-state index contributed by atoms with van der Waals surface area (Å²) in [5.74, 6) is -2.46. The van der Waals surface area contributed by atoms with E-state index in [4.69, 9.17) is 0 Å². The number of piperidine rings is 1. The highest BCUT2D eigenvalue weighted by molar-refractivity contribution is 5.82. The molecule has 0 N–H and O–H groups in total. The first-order valence-electron chi connectivity index (χ1n) is 6.70. The van der Waals surface area contributed by atoms with Crippen LogP contribution in [0.2, 0.25) is 0 Å². The summed E-state index contributed by atoms with van der Waals surface area (Å²) in [7, 11) is 0. The zero-order chi connectivity index (χ0) is 13.3. The molecule has 2 aromatic carbocycles. The Morgan fingerprint density at radius 1 is 0.947 bits per heavy atom. The lowest BCUT2D eigenvalue weighted by Crippen LogP contribution is -2.38. The summed E-state index contributed by atoms with van der Waals surface area (Å²) in [6, 6.07) is 14.6. The minimum Gasteiger partial charge on any atom is -0.299 e. The minimum absolute atomic E-state index is 0.0133. The molecule has 0 aromatic heterocycles. The van der Waals surface area contributed by atoms with Crippen LogP contribution in [-0.2, 0) is 6.54 Å². The molecule has 1 aliphatic heterocycles. The lowest BCUT2D eigenvalue weighted by atomic mass is 10.0. The summed E-state index contributed by atoms with van der Waals surface area (Å²) in [5, 5.41) is 2.43. The van der Waals surface area contributed by atoms with Crippen molar-refractivity contribution in [2.45, 2.75) is 25.3 Å². The van der Waals surface area contributed by atoms with Crippen LogP contribution >= 0.6 is 0 Å². The summed E-state index contributed by atoms with van der Waals surface area (Å²) < 4.78 is 26.2. The molecule has 19 heavy (non-hydrogen) atoms. The topological polar surface area (TPSA) is 3.24 Å². The van der Waals surface area contributed by atoms with E-state index < -0.39 is 5.92 Å². The maximum Gasteiger partial charge on any atom is 0.250 e. The fourth-order valence-corrected chi connectivity index (χ4v) is 2.63. The van der Waals surface area contributed by atoms with E-state index in [-0.39, 0.29) is 12.8 Å². The zero-order valence-corrected chi connectivity index (χ0v) is 10.8. The van der Waals surface area contributed by atoms with Crippen molar-refractivity contribution in [3.63, 3.8) is 0 Å². The van der Waals surface area contributed by atoms with E-state index >= 15 is 0 Å². The molecule has 3 rings (SSSR count). The molecule has 3 heteroatoms. The average Bonchev–Trinajstić information content (AvgIpc) is 2.41. The molecule has 0 unspecified atom stereocenters. The van der Waals surface area contributed by atoms with Crippen LogP contribution in [-0.4, -0.2) is 23.9 Å². The first kappa shape index (κ1) is 12.5. The molecule has 0 spiro atoms. The van der Waals surface area contributed by atoms with E-state index in [1.165, 1.54) is 16.3 Å². The van der Waals surface area contributed by atoms with Crippen molar-refractivity contribution >= 4 is 10.8 Å². The molecular formula is C16H17F2N. The van der Waals surface area contributed by atoms with Gasteiger partial charge in [0, 0.05) is 32.5 Å². The van der Waals surface area contributed by atoms with Gasteiger partial charge in [0.2, 0.25) is 0 Å². The van der Waals surface area contributed by atoms with Gasteiger partial charge in [-0.05, 0) is 22.4 Å². The third kappa shape index (κ3) is 2.92. The van der Waals surface area contributed by atoms with Crippen LogP contribution in [0, 0.1) is 0 Å². The average molecular weight is 261 g/mol. The van der Waals surface area contributed by atoms with Crippen LogP contribution in [0.3, 0.4) is 0 Å². The van der Waals surface area contributed by atoms with Crippen molar-refractivity contribution in [3.8, 4) is 0 Å². The van der Waals surface area contributed by atoms with Gasteiger partial charge in [-0.3, -0.25) is 4.90 Å². The number of hydrogen-bond acceptors (Lipinski definition) is 1. The zero-order valence-electron chi connectivity index (χ0n) is 10.8. The number of fused-ring (bicyclic) bond motifs is 1. The first-order valence-corrected chi connectivity index (χ1v) is 6.70. The highest BCUT2D eigenvalue weighted by Gasteiger charge is 2.33. The summed E-state index contributed by atoms with van der Waals surface area (Å²) in [6.07, 6.45) is -0.0266. The van der Waals surface area contributed by atoms with E-state index in [0.29, 0.717) is 13.1 Å². The van der Waals surface area contributed by atoms with Crippen molar-refractivity contribution in [3.05, 3.63) is 48.0 Å². The van der Waals surface area contributed by atoms with Gasteiger partial charge >= 0.3 is 0 Å². The molecule has 0 radical (unpaired) electrons. The van der Waals surface area contributed by atoms with Crippen molar-refractivity contribution in [2.75, 3.05) is 13.1 Å². The lowest BCUT2D eigenvalue weighted by molar-refractivity contribution is -0.0566. The largest absolute Gasteiger partial charge is 0.299 e. The minimum atomic E-state index is -2.46. The number of nitrogens with zero attached hydrogens (tertiary/aromatic N) is 1. The molecule has 1 saturated heterocycles. The maximum atomic E-state index is 13.1. The third-order valence-electron chi connectivity index (χ3n) is 3.81. The summed E-state index contributed by atoms with van der Waals surface area (Å²) in [5.41, 5.74) is 1.20. The normalized spacial score (nSPS) is 19.7. The number of halogens is 2. The fraction of sp³-hybridized carbons (Fsp3) is 0.375. The van der Waals surface area contributed by atoms with E-state index in [1.54, 1.807) is 0 Å². The monoisotopic (exact) mass is 261 g/mol. The molecule has 0 amide bonds. The smallest absolute Gasteiger partial charge is 0.250 e. The molecule has 1 nitrogen and oxygen atoms in total. The van der Waals surface area contributed by atoms with Crippen LogP contribution < -0.4 is 0 Å². The maximum absolute atomic E-state index is 13.1. The SMILES string of the molecule is FC1(F)CCN(Cc2ccc3ccccc3c2)CC1. The van der Waals surface area contributed by atoms with E-state index in [2.05, 4.69) is 35.2 Å². The molecule has 0 atom stereocenters. The summed E-state index contributed by atoms with van der Waals surface area (Å²) >= 11 is 0. The quantitative estimate of drug-likeness (QED) is 0.787. The molecular weight excluding hydrogens is 244 g/mol. The van der Waals surface area contributed by atoms with Gasteiger partial charge in [0.15, 0.2) is 0 Å². The van der Waals surface area contributed by atoms with Gasteiger partial charge in [-0.25, -0.2) is 8.78 Å². The second-order valence-corrected chi connectivity index (χ2v) is 5.31. The van der Waals surface area contributed by atoms with Gasteiger partial charge in [-0.15, -0.1) is 0 Å². The Morgan fingerprint density at radius 3 is 2.37 bits per heavy atom. The molecule has 0 aliphatic carbocycles. The van der Waals surface area contributed by atoms with Crippen LogP contribution in [0.15, 0.2) is 42.5 Å². The second kappa shape index (κ2) is 4.89. The molecule has 1 aliphatic rings. The Labute approximate surface area is 111 Å². The Kier molecular flexibility index (Phi) is 3.23. The lowest BCUT2D eigenvalue weighted by Gasteiger charge is -2.31. The Hall–Kier alpha value is -1.48. The van der Waals surface area contributed by atoms with Crippen molar-refractivity contribution in [1.82, 2.24) is 4.90 Å². The Bertz CT molecular complexity index is 570. The summed E-state index contributed by atoms with van der Waals surface area (Å²) in [4.78, 5) is 2.11. The number of rotatable bonds is 2. The molecule has 0 bridgehead atoms. The first-order chi connectivity index (χ1) is 9.12. The highest BCUT2D eigenvalue weighted by Crippen LogP contribution is 2.28. The van der Waals surface area contributed by atoms with Crippen molar-refractivity contribution in [2.24, 2.45) is 0 Å². The number of benzene rings is 2. The van der Waals surface area contributed by atoms with Gasteiger partial charge in [0.25, 0.3) is 5.92 Å². The van der Waals surface area contributed by atoms with Gasteiger partial charge < -0.3 is 0 Å². The van der Waals surface area contributed by atoms with E-state index in [0.717, 1.165) is 6.54 Å². The Balaban J connectivity index is 1.72. The van der Waals surface area contributed by atoms with E-state index in [9.17, 15) is 8.78 Å². The van der Waals surface area contributed by atoms with Gasteiger partial charge in [-0.2, -0.15) is 0 Å². The van der Waals surface area contributed by atoms with Crippen LogP contribution in [0.1, 0.15) is 18.4 Å². The summed E-state index contributed by atoms with van der Waals surface area (Å²) in [6.45, 7) is 1.74. The highest BCUT2D eigenvalue weighted by atomic mass is 19.3. The molecule has 0 saturated carbocycles. The van der Waals surface area contributed by atoms with Crippen molar-refractivity contribution in [1.29, 1.82) is 0 Å². The number of hydrogen-bond donors (Lipinski definition) is 0. The standard InChI is InChI=1S/C16H17F2N/c17-16(18)7-9-19(10-8-16)12-13-5-6-14-3-1-2-4-15(14)11-13/h1-6,11H,7-10,12H2. The van der Waals surface area contributed by atoms with Crippen LogP contribution in [0.25, 0.3) is 10.8 Å². The second-order valence-electron chi connectivity index (χ2n) is 5.31. The fourth-order valence-electron chi connectivity index (χ4n) is 2.63. The van der Waals surface area contributed by atoms with Crippen molar-refractivity contribution < 1.29 is 8.78 Å². The third-order valence-corrected chi connectivity index (χ3v) is 3.81. The Morgan fingerprint density at radius 2 is 1.63 bits per heavy atom. The van der Waals surface area contributed by atoms with Crippen LogP contribution in [0.4, 0.5) is 8.78 Å². The predicted molar refractivity (Wildman–Crippen MR) is 73.4 cm³/mol.